The quantitative estimate of drug-likeness (QED) is 0.584. The lowest BCUT2D eigenvalue weighted by molar-refractivity contribution is 0.101. The van der Waals surface area contributed by atoms with Crippen molar-refractivity contribution in [1.29, 1.82) is 0 Å². The Morgan fingerprint density at radius 2 is 1.78 bits per heavy atom. The summed E-state index contributed by atoms with van der Waals surface area (Å²) in [6, 6.07) is 14.8. The first-order valence-electron chi connectivity index (χ1n) is 8.62. The van der Waals surface area contributed by atoms with Gasteiger partial charge in [0, 0.05) is 16.8 Å². The first kappa shape index (κ1) is 18.9. The lowest BCUT2D eigenvalue weighted by Gasteiger charge is -2.09. The van der Waals surface area contributed by atoms with Crippen LogP contribution in [0.3, 0.4) is 0 Å². The summed E-state index contributed by atoms with van der Waals surface area (Å²) in [4.78, 5) is 24.3. The highest BCUT2D eigenvalue weighted by Gasteiger charge is 2.11. The Labute approximate surface area is 162 Å². The Morgan fingerprint density at radius 1 is 1.04 bits per heavy atom. The molecule has 0 aliphatic carbocycles. The number of hydrogen-bond acceptors (Lipinski definition) is 4. The van der Waals surface area contributed by atoms with Crippen molar-refractivity contribution in [2.75, 3.05) is 5.32 Å². The van der Waals surface area contributed by atoms with Gasteiger partial charge in [-0.2, -0.15) is 0 Å². The van der Waals surface area contributed by atoms with E-state index in [0.717, 1.165) is 22.4 Å². The van der Waals surface area contributed by atoms with Crippen LogP contribution in [0.15, 0.2) is 53.9 Å². The highest BCUT2D eigenvalue weighted by atomic mass is 32.1. The average Bonchev–Trinajstić information content (AvgIpc) is 3.12. The molecule has 0 spiro atoms. The number of thiophene rings is 1. The topological polar surface area (TPSA) is 55.4 Å². The molecule has 0 unspecified atom stereocenters. The molecule has 0 atom stereocenters. The van der Waals surface area contributed by atoms with Gasteiger partial charge in [0.15, 0.2) is 5.78 Å². The second-order valence-electron chi connectivity index (χ2n) is 6.46. The number of aryl methyl sites for hydroxylation is 2. The Morgan fingerprint density at radius 3 is 2.48 bits per heavy atom. The van der Waals surface area contributed by atoms with Crippen molar-refractivity contribution in [3.8, 4) is 5.75 Å². The van der Waals surface area contributed by atoms with Gasteiger partial charge in [-0.25, -0.2) is 0 Å². The Hall–Kier alpha value is -2.92. The van der Waals surface area contributed by atoms with Gasteiger partial charge in [0.1, 0.15) is 12.4 Å². The molecule has 0 aliphatic heterocycles. The second-order valence-corrected chi connectivity index (χ2v) is 7.38. The van der Waals surface area contributed by atoms with Gasteiger partial charge in [-0.15, -0.1) is 11.3 Å². The summed E-state index contributed by atoms with van der Waals surface area (Å²) in [5.74, 6) is 0.686. The Bertz CT molecular complexity index is 973. The van der Waals surface area contributed by atoms with E-state index in [2.05, 4.69) is 11.4 Å². The maximum atomic E-state index is 12.4. The predicted octanol–water partition coefficient (Wildman–Crippen LogP) is 5.40. The van der Waals surface area contributed by atoms with Crippen LogP contribution < -0.4 is 10.1 Å². The van der Waals surface area contributed by atoms with E-state index in [9.17, 15) is 9.59 Å². The highest BCUT2D eigenvalue weighted by Crippen LogP contribution is 2.23. The van der Waals surface area contributed by atoms with Crippen LogP contribution in [-0.2, 0) is 6.61 Å². The minimum absolute atomic E-state index is 0.000350. The smallest absolute Gasteiger partial charge is 0.265 e. The number of Topliss-reactive ketones (excluding diaryl/α,β-unsaturated/α-hetero) is 1. The number of carbonyl (C=O) groups is 2. The summed E-state index contributed by atoms with van der Waals surface area (Å²) in [5, 5.41) is 4.78. The van der Waals surface area contributed by atoms with Gasteiger partial charge < -0.3 is 10.1 Å². The minimum Gasteiger partial charge on any atom is -0.489 e. The third-order valence-electron chi connectivity index (χ3n) is 4.16. The fraction of sp³-hybridized carbons (Fsp3) is 0.182. The number of benzene rings is 2. The normalized spacial score (nSPS) is 10.5. The predicted molar refractivity (Wildman–Crippen MR) is 109 cm³/mol. The molecule has 0 aliphatic rings. The molecule has 27 heavy (non-hydrogen) atoms. The molecule has 3 rings (SSSR count). The summed E-state index contributed by atoms with van der Waals surface area (Å²) in [7, 11) is 0. The van der Waals surface area contributed by atoms with Crippen LogP contribution in [0.4, 0.5) is 5.69 Å². The summed E-state index contributed by atoms with van der Waals surface area (Å²) in [6.45, 7) is 5.98. The van der Waals surface area contributed by atoms with Crippen molar-refractivity contribution in [3.05, 3.63) is 81.0 Å². The lowest BCUT2D eigenvalue weighted by Crippen LogP contribution is -2.10. The Kier molecular flexibility index (Phi) is 5.72. The van der Waals surface area contributed by atoms with Crippen LogP contribution in [0.1, 0.15) is 43.6 Å². The maximum Gasteiger partial charge on any atom is 0.265 e. The van der Waals surface area contributed by atoms with Crippen molar-refractivity contribution in [1.82, 2.24) is 0 Å². The second kappa shape index (κ2) is 8.18. The zero-order chi connectivity index (χ0) is 19.4. The van der Waals surface area contributed by atoms with Crippen molar-refractivity contribution in [2.45, 2.75) is 27.4 Å². The molecule has 138 valence electrons. The zero-order valence-corrected chi connectivity index (χ0v) is 16.4. The van der Waals surface area contributed by atoms with Crippen LogP contribution in [0.5, 0.6) is 5.75 Å². The summed E-state index contributed by atoms with van der Waals surface area (Å²) in [6.07, 6.45) is 0. The molecule has 0 fully saturated rings. The van der Waals surface area contributed by atoms with E-state index < -0.39 is 0 Å². The molecule has 1 aromatic heterocycles. The zero-order valence-electron chi connectivity index (χ0n) is 15.5. The molecule has 0 saturated carbocycles. The summed E-state index contributed by atoms with van der Waals surface area (Å²) in [5.41, 5.74) is 4.47. The minimum atomic E-state index is -0.173. The molecule has 0 radical (unpaired) electrons. The Balaban J connectivity index is 1.61. The first-order chi connectivity index (χ1) is 12.9. The number of anilines is 1. The molecule has 0 saturated heterocycles. The van der Waals surface area contributed by atoms with Gasteiger partial charge in [-0.1, -0.05) is 12.1 Å². The average molecular weight is 379 g/mol. The molecule has 1 heterocycles. The molecular formula is C22H21NO3S. The van der Waals surface area contributed by atoms with Gasteiger partial charge >= 0.3 is 0 Å². The summed E-state index contributed by atoms with van der Waals surface area (Å²) < 4.78 is 5.89. The molecule has 4 nitrogen and oxygen atoms in total. The number of amides is 1. The highest BCUT2D eigenvalue weighted by molar-refractivity contribution is 7.12. The number of hydrogen-bond donors (Lipinski definition) is 1. The van der Waals surface area contributed by atoms with Crippen molar-refractivity contribution >= 4 is 28.7 Å². The van der Waals surface area contributed by atoms with E-state index in [-0.39, 0.29) is 11.7 Å². The van der Waals surface area contributed by atoms with E-state index in [1.165, 1.54) is 18.3 Å². The van der Waals surface area contributed by atoms with Crippen LogP contribution in [0.2, 0.25) is 0 Å². The van der Waals surface area contributed by atoms with Gasteiger partial charge in [-0.05, 0) is 73.7 Å². The van der Waals surface area contributed by atoms with Gasteiger partial charge in [-0.3, -0.25) is 9.59 Å². The lowest BCUT2D eigenvalue weighted by atomic mass is 10.1. The van der Waals surface area contributed by atoms with E-state index in [1.54, 1.807) is 24.3 Å². The standard InChI is InChI=1S/C22H21NO3S/c1-14-4-5-15(2)20(10-14)26-12-17-11-21(27-13-17)22(25)23-19-8-6-18(7-9-19)16(3)24/h4-11,13H,12H2,1-3H3,(H,23,25). The molecule has 3 aromatic rings. The van der Waals surface area contributed by atoms with E-state index in [0.29, 0.717) is 22.7 Å². The molecular weight excluding hydrogens is 358 g/mol. The van der Waals surface area contributed by atoms with E-state index in [4.69, 9.17) is 4.74 Å². The molecule has 0 bridgehead atoms. The number of ketones is 1. The van der Waals surface area contributed by atoms with Crippen molar-refractivity contribution < 1.29 is 14.3 Å². The van der Waals surface area contributed by atoms with Crippen molar-refractivity contribution in [2.24, 2.45) is 0 Å². The maximum absolute atomic E-state index is 12.4. The summed E-state index contributed by atoms with van der Waals surface area (Å²) >= 11 is 1.38. The van der Waals surface area contributed by atoms with Gasteiger partial charge in [0.05, 0.1) is 4.88 Å². The number of rotatable bonds is 6. The SMILES string of the molecule is CC(=O)c1ccc(NC(=O)c2cc(COc3cc(C)ccc3C)cs2)cc1. The first-order valence-corrected chi connectivity index (χ1v) is 9.50. The fourth-order valence-corrected chi connectivity index (χ4v) is 3.37. The number of carbonyl (C=O) groups excluding carboxylic acids is 2. The third-order valence-corrected chi connectivity index (χ3v) is 5.14. The molecule has 2 aromatic carbocycles. The van der Waals surface area contributed by atoms with Crippen molar-refractivity contribution in [3.63, 3.8) is 0 Å². The van der Waals surface area contributed by atoms with Gasteiger partial charge in [0.2, 0.25) is 0 Å². The van der Waals surface area contributed by atoms with E-state index >= 15 is 0 Å². The van der Waals surface area contributed by atoms with Crippen LogP contribution in [0, 0.1) is 13.8 Å². The molecule has 1 amide bonds. The van der Waals surface area contributed by atoms with Crippen LogP contribution >= 0.6 is 11.3 Å². The third kappa shape index (κ3) is 4.83. The van der Waals surface area contributed by atoms with Crippen LogP contribution in [-0.4, -0.2) is 11.7 Å². The number of nitrogens with one attached hydrogen (secondary N) is 1. The largest absolute Gasteiger partial charge is 0.489 e. The number of ether oxygens (including phenoxy) is 1. The van der Waals surface area contributed by atoms with E-state index in [1.807, 2.05) is 37.4 Å². The molecule has 1 N–H and O–H groups in total. The van der Waals surface area contributed by atoms with Crippen LogP contribution in [0.25, 0.3) is 0 Å². The fourth-order valence-electron chi connectivity index (χ4n) is 2.58. The monoisotopic (exact) mass is 379 g/mol. The molecule has 5 heteroatoms. The van der Waals surface area contributed by atoms with Gasteiger partial charge in [0.25, 0.3) is 5.91 Å².